The third-order valence-electron chi connectivity index (χ3n) is 5.79. The van der Waals surface area contributed by atoms with Gasteiger partial charge in [0.15, 0.2) is 5.82 Å². The van der Waals surface area contributed by atoms with Crippen molar-refractivity contribution in [2.24, 2.45) is 0 Å². The second-order valence-electron chi connectivity index (χ2n) is 7.98. The number of methoxy groups -OCH3 is 1. The van der Waals surface area contributed by atoms with Gasteiger partial charge < -0.3 is 10.1 Å². The first-order valence-electron chi connectivity index (χ1n) is 11.1. The Labute approximate surface area is 207 Å². The first-order chi connectivity index (χ1) is 17.6. The van der Waals surface area contributed by atoms with Crippen molar-refractivity contribution in [2.45, 2.75) is 4.90 Å². The summed E-state index contributed by atoms with van der Waals surface area (Å²) < 4.78 is 33.3. The molecule has 0 radical (unpaired) electrons. The summed E-state index contributed by atoms with van der Waals surface area (Å²) in [4.78, 5) is 11.1. The summed E-state index contributed by atoms with van der Waals surface area (Å²) in [7, 11) is -2.35. The molecule has 3 heterocycles. The fraction of sp³-hybridized carbons (Fsp3) is 0.0385. The molecule has 3 aromatic carbocycles. The van der Waals surface area contributed by atoms with E-state index in [2.05, 4.69) is 15.4 Å². The lowest BCUT2D eigenvalue weighted by Crippen LogP contribution is -2.28. The minimum absolute atomic E-state index is 0.153. The third kappa shape index (κ3) is 3.55. The number of hydrogen-bond acceptors (Lipinski definition) is 8. The Kier molecular flexibility index (Phi) is 5.15. The van der Waals surface area contributed by atoms with E-state index in [1.54, 1.807) is 54.6 Å². The molecule has 0 saturated heterocycles. The molecule has 0 bridgehead atoms. The van der Waals surface area contributed by atoms with Gasteiger partial charge >= 0.3 is 0 Å². The van der Waals surface area contributed by atoms with E-state index in [1.807, 2.05) is 54.6 Å². The molecule has 6 rings (SSSR count). The van der Waals surface area contributed by atoms with Gasteiger partial charge in [-0.3, -0.25) is 4.90 Å². The summed E-state index contributed by atoms with van der Waals surface area (Å²) in [6, 6.07) is 27.3. The van der Waals surface area contributed by atoms with Gasteiger partial charge in [-0.15, -0.1) is 9.19 Å². The van der Waals surface area contributed by atoms with Crippen molar-refractivity contribution in [1.29, 1.82) is 0 Å². The zero-order valence-corrected chi connectivity index (χ0v) is 19.9. The van der Waals surface area contributed by atoms with Crippen molar-refractivity contribution in [3.8, 4) is 17.1 Å². The number of pyridine rings is 1. The highest BCUT2D eigenvalue weighted by atomic mass is 32.2. The van der Waals surface area contributed by atoms with Gasteiger partial charge in [-0.1, -0.05) is 30.3 Å². The Morgan fingerprint density at radius 3 is 2.39 bits per heavy atom. The number of aromatic nitrogens is 4. The van der Waals surface area contributed by atoms with Crippen LogP contribution in [0.5, 0.6) is 5.75 Å². The van der Waals surface area contributed by atoms with Crippen LogP contribution in [0, 0.1) is 0 Å². The first kappa shape index (κ1) is 21.8. The van der Waals surface area contributed by atoms with Gasteiger partial charge in [0, 0.05) is 17.6 Å². The normalized spacial score (nSPS) is 13.5. The van der Waals surface area contributed by atoms with E-state index in [-0.39, 0.29) is 16.7 Å². The number of anilines is 5. The Morgan fingerprint density at radius 2 is 1.61 bits per heavy atom. The molecular formula is C26H20N6O3S. The Hall–Kier alpha value is -4.70. The zero-order valence-electron chi connectivity index (χ0n) is 19.1. The number of fused-ring (bicyclic) bond motifs is 2. The minimum atomic E-state index is -3.96. The molecule has 0 fully saturated rings. The van der Waals surface area contributed by atoms with Crippen LogP contribution in [-0.2, 0) is 10.0 Å². The topological polar surface area (TPSA) is 102 Å². The van der Waals surface area contributed by atoms with Gasteiger partial charge in [-0.2, -0.15) is 13.4 Å². The van der Waals surface area contributed by atoms with E-state index >= 15 is 0 Å². The molecule has 0 spiro atoms. The first-order valence-corrected chi connectivity index (χ1v) is 12.5. The van der Waals surface area contributed by atoms with Crippen molar-refractivity contribution < 1.29 is 13.2 Å². The van der Waals surface area contributed by atoms with Crippen LogP contribution in [-0.4, -0.2) is 34.7 Å². The van der Waals surface area contributed by atoms with Crippen molar-refractivity contribution in [2.75, 3.05) is 17.3 Å². The summed E-state index contributed by atoms with van der Waals surface area (Å²) in [5.74, 6) is 1.63. The fourth-order valence-corrected chi connectivity index (χ4v) is 5.47. The minimum Gasteiger partial charge on any atom is -0.497 e. The maximum atomic E-state index is 13.5. The lowest BCUT2D eigenvalue weighted by molar-refractivity contribution is 0.415. The largest absolute Gasteiger partial charge is 0.497 e. The van der Waals surface area contributed by atoms with Crippen molar-refractivity contribution in [3.63, 3.8) is 0 Å². The predicted molar refractivity (Wildman–Crippen MR) is 137 cm³/mol. The van der Waals surface area contributed by atoms with Crippen molar-refractivity contribution in [1.82, 2.24) is 19.2 Å². The molecule has 0 atom stereocenters. The van der Waals surface area contributed by atoms with Crippen molar-refractivity contribution in [3.05, 3.63) is 97.2 Å². The van der Waals surface area contributed by atoms with Gasteiger partial charge in [0.1, 0.15) is 16.5 Å². The van der Waals surface area contributed by atoms with Crippen LogP contribution in [0.3, 0.4) is 0 Å². The molecule has 0 saturated carbocycles. The number of rotatable bonds is 5. The highest BCUT2D eigenvalue weighted by Crippen LogP contribution is 2.43. The molecule has 0 amide bonds. The molecule has 1 aliphatic rings. The smallest absolute Gasteiger partial charge is 0.288 e. The second-order valence-corrected chi connectivity index (χ2v) is 9.71. The Balaban J connectivity index is 1.50. The van der Waals surface area contributed by atoms with Crippen molar-refractivity contribution >= 4 is 38.9 Å². The number of para-hydroxylation sites is 2. The van der Waals surface area contributed by atoms with E-state index < -0.39 is 10.0 Å². The van der Waals surface area contributed by atoms with Crippen LogP contribution in [0.25, 0.3) is 11.4 Å². The Bertz CT molecular complexity index is 1670. The van der Waals surface area contributed by atoms with Gasteiger partial charge in [0.25, 0.3) is 10.0 Å². The molecule has 9 nitrogen and oxygen atoms in total. The predicted octanol–water partition coefficient (Wildman–Crippen LogP) is 5.11. The molecule has 1 N–H and O–H groups in total. The maximum absolute atomic E-state index is 13.5. The molecule has 0 unspecified atom stereocenters. The van der Waals surface area contributed by atoms with Crippen LogP contribution < -0.4 is 15.0 Å². The van der Waals surface area contributed by atoms with Crippen LogP contribution in [0.15, 0.2) is 102 Å². The van der Waals surface area contributed by atoms with Gasteiger partial charge in [-0.25, -0.2) is 4.98 Å². The number of nitrogens with zero attached hydrogens (tertiary/aromatic N) is 5. The van der Waals surface area contributed by atoms with Crippen LogP contribution in [0.2, 0.25) is 0 Å². The second kappa shape index (κ2) is 8.51. The van der Waals surface area contributed by atoms with E-state index in [4.69, 9.17) is 9.72 Å². The molecule has 36 heavy (non-hydrogen) atoms. The van der Waals surface area contributed by atoms with E-state index in [0.717, 1.165) is 21.2 Å². The lowest BCUT2D eigenvalue weighted by Gasteiger charge is -2.29. The molecular weight excluding hydrogens is 476 g/mol. The summed E-state index contributed by atoms with van der Waals surface area (Å²) in [6.07, 6.45) is 1.65. The number of hydrogen-bond donors (Lipinski definition) is 1. The van der Waals surface area contributed by atoms with Crippen LogP contribution in [0.4, 0.5) is 28.8 Å². The molecule has 1 aliphatic heterocycles. The van der Waals surface area contributed by atoms with Gasteiger partial charge in [0.05, 0.1) is 18.4 Å². The van der Waals surface area contributed by atoms with Crippen LogP contribution in [0.1, 0.15) is 0 Å². The average molecular weight is 497 g/mol. The molecule has 2 aromatic heterocycles. The monoisotopic (exact) mass is 496 g/mol. The maximum Gasteiger partial charge on any atom is 0.288 e. The highest BCUT2D eigenvalue weighted by molar-refractivity contribution is 7.90. The molecule has 5 aromatic rings. The highest BCUT2D eigenvalue weighted by Gasteiger charge is 2.37. The SMILES string of the molecule is COc1ccc(Nc2ncccc2-c2nc3n(n2)S(=O)(=O)c2ccccc2N3c2ccccc2)cc1. The van der Waals surface area contributed by atoms with Gasteiger partial charge in [0.2, 0.25) is 5.95 Å². The van der Waals surface area contributed by atoms with Crippen LogP contribution >= 0.6 is 0 Å². The van der Waals surface area contributed by atoms with E-state index in [0.29, 0.717) is 17.1 Å². The lowest BCUT2D eigenvalue weighted by atomic mass is 10.2. The molecule has 0 aliphatic carbocycles. The average Bonchev–Trinajstić information content (AvgIpc) is 3.36. The summed E-state index contributed by atoms with van der Waals surface area (Å²) in [5.41, 5.74) is 2.62. The quantitative estimate of drug-likeness (QED) is 0.351. The summed E-state index contributed by atoms with van der Waals surface area (Å²) >= 11 is 0. The molecule has 10 heteroatoms. The number of nitrogens with one attached hydrogen (secondary N) is 1. The third-order valence-corrected chi connectivity index (χ3v) is 7.39. The number of ether oxygens (including phenoxy) is 1. The van der Waals surface area contributed by atoms with E-state index in [9.17, 15) is 8.42 Å². The number of benzene rings is 3. The van der Waals surface area contributed by atoms with E-state index in [1.165, 1.54) is 0 Å². The standard InChI is InChI=1S/C26H20N6O3S/c1-35-20-15-13-18(14-16-20)28-24-21(10-7-17-27-24)25-29-26-31(19-8-3-2-4-9-19)22-11-5-6-12-23(22)36(33,34)32(26)30-25/h2-17H,1H3,(H,27,28). The Morgan fingerprint density at radius 1 is 0.861 bits per heavy atom. The fourth-order valence-electron chi connectivity index (χ4n) is 4.09. The summed E-state index contributed by atoms with van der Waals surface area (Å²) in [5, 5.41) is 7.72. The van der Waals surface area contributed by atoms with Gasteiger partial charge in [-0.05, 0) is 60.7 Å². The zero-order chi connectivity index (χ0) is 24.7. The molecule has 178 valence electrons. The summed E-state index contributed by atoms with van der Waals surface area (Å²) in [6.45, 7) is 0.